The molecule has 19 heavy (non-hydrogen) atoms. The van der Waals surface area contributed by atoms with Gasteiger partial charge in [-0.1, -0.05) is 19.1 Å². The van der Waals surface area contributed by atoms with Crippen LogP contribution in [0.2, 0.25) is 0 Å². The molecule has 2 rings (SSSR count). The van der Waals surface area contributed by atoms with Crippen LogP contribution in [0.15, 0.2) is 24.3 Å². The van der Waals surface area contributed by atoms with Gasteiger partial charge in [0.1, 0.15) is 0 Å². The van der Waals surface area contributed by atoms with Crippen molar-refractivity contribution >= 4 is 5.69 Å². The van der Waals surface area contributed by atoms with Crippen LogP contribution in [-0.2, 0) is 0 Å². The molecule has 1 heterocycles. The quantitative estimate of drug-likeness (QED) is 0.903. The predicted octanol–water partition coefficient (Wildman–Crippen LogP) is 2.52. The van der Waals surface area contributed by atoms with Gasteiger partial charge in [-0.25, -0.2) is 0 Å². The Morgan fingerprint density at radius 3 is 2.32 bits per heavy atom. The molecule has 0 saturated carbocycles. The number of aliphatic hydroxyl groups excluding tert-OH is 1. The first-order valence-corrected chi connectivity index (χ1v) is 7.24. The molecule has 0 radical (unpaired) electrons. The van der Waals surface area contributed by atoms with Crippen molar-refractivity contribution in [3.05, 3.63) is 29.8 Å². The first-order chi connectivity index (χ1) is 9.06. The van der Waals surface area contributed by atoms with Crippen LogP contribution < -0.4 is 4.90 Å². The zero-order valence-corrected chi connectivity index (χ0v) is 12.3. The van der Waals surface area contributed by atoms with Crippen LogP contribution in [-0.4, -0.2) is 43.7 Å². The number of anilines is 1. The summed E-state index contributed by atoms with van der Waals surface area (Å²) >= 11 is 0. The Bertz CT molecular complexity index is 380. The second-order valence-corrected chi connectivity index (χ2v) is 5.98. The zero-order valence-electron chi connectivity index (χ0n) is 12.3. The van der Waals surface area contributed by atoms with Crippen molar-refractivity contribution in [1.82, 2.24) is 4.90 Å². The summed E-state index contributed by atoms with van der Waals surface area (Å²) in [5.74, 6) is 0.841. The summed E-state index contributed by atoms with van der Waals surface area (Å²) in [5, 5.41) is 10.3. The van der Waals surface area contributed by atoms with E-state index in [-0.39, 0.29) is 6.10 Å². The Labute approximate surface area is 116 Å². The normalized spacial score (nSPS) is 19.4. The van der Waals surface area contributed by atoms with E-state index < -0.39 is 0 Å². The van der Waals surface area contributed by atoms with Gasteiger partial charge in [-0.3, -0.25) is 0 Å². The number of likely N-dealkylation sites (tertiary alicyclic amines) is 1. The summed E-state index contributed by atoms with van der Waals surface area (Å²) in [5.41, 5.74) is 2.19. The van der Waals surface area contributed by atoms with Crippen LogP contribution in [0.3, 0.4) is 0 Å². The SMILES string of the molecule is CC1CCN(CC(O)c2ccc(N(C)C)cc2)CC1. The second kappa shape index (κ2) is 6.40. The molecule has 0 amide bonds. The van der Waals surface area contributed by atoms with Gasteiger partial charge in [-0.2, -0.15) is 0 Å². The van der Waals surface area contributed by atoms with Gasteiger partial charge in [0, 0.05) is 26.3 Å². The van der Waals surface area contributed by atoms with E-state index in [2.05, 4.69) is 28.9 Å². The molecule has 1 atom stereocenters. The number of aliphatic hydroxyl groups is 1. The van der Waals surface area contributed by atoms with Gasteiger partial charge in [0.15, 0.2) is 0 Å². The van der Waals surface area contributed by atoms with Gasteiger partial charge in [0.05, 0.1) is 6.10 Å². The Morgan fingerprint density at radius 2 is 1.79 bits per heavy atom. The summed E-state index contributed by atoms with van der Waals surface area (Å²) in [7, 11) is 4.06. The van der Waals surface area contributed by atoms with E-state index in [1.807, 2.05) is 26.2 Å². The first kappa shape index (κ1) is 14.4. The lowest BCUT2D eigenvalue weighted by atomic mass is 9.98. The Kier molecular flexibility index (Phi) is 4.83. The number of rotatable bonds is 4. The third kappa shape index (κ3) is 3.95. The summed E-state index contributed by atoms with van der Waals surface area (Å²) in [4.78, 5) is 4.45. The lowest BCUT2D eigenvalue weighted by molar-refractivity contribution is 0.0916. The van der Waals surface area contributed by atoms with Crippen LogP contribution in [0.4, 0.5) is 5.69 Å². The fourth-order valence-electron chi connectivity index (χ4n) is 2.59. The molecule has 1 aliphatic rings. The van der Waals surface area contributed by atoms with Crippen molar-refractivity contribution in [1.29, 1.82) is 0 Å². The lowest BCUT2D eigenvalue weighted by Crippen LogP contribution is -2.35. The van der Waals surface area contributed by atoms with E-state index in [0.29, 0.717) is 0 Å². The molecule has 0 aromatic heterocycles. The highest BCUT2D eigenvalue weighted by molar-refractivity contribution is 5.46. The molecule has 0 bridgehead atoms. The van der Waals surface area contributed by atoms with Gasteiger partial charge < -0.3 is 14.9 Å². The molecule has 1 N–H and O–H groups in total. The fraction of sp³-hybridized carbons (Fsp3) is 0.625. The van der Waals surface area contributed by atoms with Crippen molar-refractivity contribution in [2.24, 2.45) is 5.92 Å². The van der Waals surface area contributed by atoms with Crippen LogP contribution >= 0.6 is 0 Å². The molecule has 0 aliphatic carbocycles. The van der Waals surface area contributed by atoms with E-state index >= 15 is 0 Å². The Balaban J connectivity index is 1.90. The van der Waals surface area contributed by atoms with Gasteiger partial charge in [0.2, 0.25) is 0 Å². The average Bonchev–Trinajstić information content (AvgIpc) is 2.41. The van der Waals surface area contributed by atoms with Crippen molar-refractivity contribution in [2.45, 2.75) is 25.9 Å². The highest BCUT2D eigenvalue weighted by Crippen LogP contribution is 2.21. The van der Waals surface area contributed by atoms with E-state index in [9.17, 15) is 5.11 Å². The van der Waals surface area contributed by atoms with Crippen LogP contribution in [0.1, 0.15) is 31.4 Å². The highest BCUT2D eigenvalue weighted by Gasteiger charge is 2.19. The summed E-state index contributed by atoms with van der Waals surface area (Å²) in [6, 6.07) is 8.20. The van der Waals surface area contributed by atoms with Crippen LogP contribution in [0.25, 0.3) is 0 Å². The van der Waals surface area contributed by atoms with Crippen LogP contribution in [0.5, 0.6) is 0 Å². The Morgan fingerprint density at radius 1 is 1.21 bits per heavy atom. The topological polar surface area (TPSA) is 26.7 Å². The standard InChI is InChI=1S/C16H26N2O/c1-13-8-10-18(11-9-13)12-16(19)14-4-6-15(7-5-14)17(2)3/h4-7,13,16,19H,8-12H2,1-3H3. The van der Waals surface area contributed by atoms with E-state index in [1.54, 1.807) is 0 Å². The molecule has 1 unspecified atom stereocenters. The van der Waals surface area contributed by atoms with Crippen molar-refractivity contribution in [2.75, 3.05) is 38.6 Å². The van der Waals surface area contributed by atoms with Gasteiger partial charge in [-0.05, 0) is 49.5 Å². The van der Waals surface area contributed by atoms with Gasteiger partial charge in [-0.15, -0.1) is 0 Å². The third-order valence-electron chi connectivity index (χ3n) is 4.10. The number of piperidine rings is 1. The Hall–Kier alpha value is -1.06. The number of nitrogens with zero attached hydrogens (tertiary/aromatic N) is 2. The van der Waals surface area contributed by atoms with Gasteiger partial charge >= 0.3 is 0 Å². The molecule has 3 nitrogen and oxygen atoms in total. The predicted molar refractivity (Wildman–Crippen MR) is 80.6 cm³/mol. The minimum absolute atomic E-state index is 0.371. The van der Waals surface area contributed by atoms with Crippen molar-refractivity contribution in [3.63, 3.8) is 0 Å². The molecular formula is C16H26N2O. The molecule has 1 aromatic carbocycles. The number of β-amino-alcohol motifs (C(OH)–C–C–N with tert-alkyl or cyclic N) is 1. The number of hydrogen-bond donors (Lipinski definition) is 1. The van der Waals surface area contributed by atoms with Crippen molar-refractivity contribution < 1.29 is 5.11 Å². The monoisotopic (exact) mass is 262 g/mol. The molecule has 1 aromatic rings. The third-order valence-corrected chi connectivity index (χ3v) is 4.10. The first-order valence-electron chi connectivity index (χ1n) is 7.24. The molecule has 1 saturated heterocycles. The molecule has 1 aliphatic heterocycles. The van der Waals surface area contributed by atoms with Crippen molar-refractivity contribution in [3.8, 4) is 0 Å². The number of benzene rings is 1. The smallest absolute Gasteiger partial charge is 0.0916 e. The molecular weight excluding hydrogens is 236 g/mol. The molecule has 3 heteroatoms. The fourth-order valence-corrected chi connectivity index (χ4v) is 2.59. The zero-order chi connectivity index (χ0) is 13.8. The molecule has 1 fully saturated rings. The number of hydrogen-bond acceptors (Lipinski definition) is 3. The second-order valence-electron chi connectivity index (χ2n) is 5.98. The molecule has 0 spiro atoms. The van der Waals surface area contributed by atoms with E-state index in [1.165, 1.54) is 18.5 Å². The maximum atomic E-state index is 10.3. The van der Waals surface area contributed by atoms with E-state index in [4.69, 9.17) is 0 Å². The highest BCUT2D eigenvalue weighted by atomic mass is 16.3. The summed E-state index contributed by atoms with van der Waals surface area (Å²) < 4.78 is 0. The largest absolute Gasteiger partial charge is 0.387 e. The maximum Gasteiger partial charge on any atom is 0.0916 e. The summed E-state index contributed by atoms with van der Waals surface area (Å²) in [6.07, 6.45) is 2.14. The summed E-state index contributed by atoms with van der Waals surface area (Å²) in [6.45, 7) is 5.31. The minimum Gasteiger partial charge on any atom is -0.387 e. The average molecular weight is 262 g/mol. The van der Waals surface area contributed by atoms with Crippen LogP contribution in [0, 0.1) is 5.92 Å². The van der Waals surface area contributed by atoms with Gasteiger partial charge in [0.25, 0.3) is 0 Å². The minimum atomic E-state index is -0.371. The maximum absolute atomic E-state index is 10.3. The van der Waals surface area contributed by atoms with E-state index in [0.717, 1.165) is 31.1 Å². The lowest BCUT2D eigenvalue weighted by Gasteiger charge is -2.31. The molecule has 106 valence electrons.